The standard InChI is InChI=1S/C11H15FN2O2S/c12-9-2-3-11-10(8-9)14(5-1-4-13)6-7-17(11,15)16/h2-3,8H,1,4-7,13H2. The van der Waals surface area contributed by atoms with Crippen LogP contribution in [0.5, 0.6) is 0 Å². The van der Waals surface area contributed by atoms with Gasteiger partial charge in [-0.3, -0.25) is 0 Å². The lowest BCUT2D eigenvalue weighted by Gasteiger charge is -2.30. The summed E-state index contributed by atoms with van der Waals surface area (Å²) < 4.78 is 36.9. The molecule has 0 fully saturated rings. The third kappa shape index (κ3) is 2.42. The number of nitrogens with two attached hydrogens (primary N) is 1. The van der Waals surface area contributed by atoms with E-state index in [0.717, 1.165) is 6.42 Å². The summed E-state index contributed by atoms with van der Waals surface area (Å²) in [6.45, 7) is 1.59. The maximum atomic E-state index is 13.2. The minimum atomic E-state index is -3.26. The Hall–Kier alpha value is -1.14. The molecule has 0 radical (unpaired) electrons. The van der Waals surface area contributed by atoms with Crippen LogP contribution in [0.3, 0.4) is 0 Å². The van der Waals surface area contributed by atoms with E-state index in [4.69, 9.17) is 5.73 Å². The van der Waals surface area contributed by atoms with Crippen LogP contribution < -0.4 is 10.6 Å². The van der Waals surface area contributed by atoms with Gasteiger partial charge >= 0.3 is 0 Å². The Balaban J connectivity index is 2.42. The summed E-state index contributed by atoms with van der Waals surface area (Å²) >= 11 is 0. The highest BCUT2D eigenvalue weighted by Crippen LogP contribution is 2.31. The summed E-state index contributed by atoms with van der Waals surface area (Å²) in [5, 5.41) is 0. The Kier molecular flexibility index (Phi) is 3.35. The molecule has 0 atom stereocenters. The number of rotatable bonds is 3. The van der Waals surface area contributed by atoms with Crippen molar-refractivity contribution in [2.75, 3.05) is 30.3 Å². The Morgan fingerprint density at radius 2 is 2.18 bits per heavy atom. The molecule has 0 bridgehead atoms. The number of anilines is 1. The van der Waals surface area contributed by atoms with E-state index in [2.05, 4.69) is 0 Å². The molecular weight excluding hydrogens is 243 g/mol. The van der Waals surface area contributed by atoms with E-state index < -0.39 is 15.7 Å². The van der Waals surface area contributed by atoms with Gasteiger partial charge in [-0.15, -0.1) is 0 Å². The molecule has 2 N–H and O–H groups in total. The van der Waals surface area contributed by atoms with Crippen LogP contribution in [0.4, 0.5) is 10.1 Å². The summed E-state index contributed by atoms with van der Waals surface area (Å²) in [4.78, 5) is 2.11. The van der Waals surface area contributed by atoms with E-state index in [9.17, 15) is 12.8 Å². The van der Waals surface area contributed by atoms with Crippen LogP contribution in [0, 0.1) is 5.82 Å². The van der Waals surface area contributed by atoms with E-state index in [1.807, 2.05) is 4.90 Å². The van der Waals surface area contributed by atoms with Crippen LogP contribution in [0.1, 0.15) is 6.42 Å². The number of halogens is 1. The lowest BCUT2D eigenvalue weighted by molar-refractivity contribution is 0.585. The minimum Gasteiger partial charge on any atom is -0.369 e. The molecule has 17 heavy (non-hydrogen) atoms. The summed E-state index contributed by atoms with van der Waals surface area (Å²) in [5.74, 6) is -0.338. The fraction of sp³-hybridized carbons (Fsp3) is 0.455. The minimum absolute atomic E-state index is 0.0796. The number of nitrogens with zero attached hydrogens (tertiary/aromatic N) is 1. The summed E-state index contributed by atoms with van der Waals surface area (Å²) in [5.41, 5.74) is 5.89. The first-order valence-corrected chi connectivity index (χ1v) is 7.17. The third-order valence-electron chi connectivity index (χ3n) is 2.86. The molecule has 4 nitrogen and oxygen atoms in total. The number of hydrogen-bond acceptors (Lipinski definition) is 4. The lowest BCUT2D eigenvalue weighted by atomic mass is 10.2. The van der Waals surface area contributed by atoms with E-state index >= 15 is 0 Å². The number of fused-ring (bicyclic) bond motifs is 1. The number of hydrogen-bond donors (Lipinski definition) is 1. The van der Waals surface area contributed by atoms with Crippen molar-refractivity contribution in [1.82, 2.24) is 0 Å². The Labute approximate surface area is 100 Å². The molecule has 6 heteroatoms. The van der Waals surface area contributed by atoms with Crippen molar-refractivity contribution in [3.63, 3.8) is 0 Å². The van der Waals surface area contributed by atoms with Gasteiger partial charge < -0.3 is 10.6 Å². The Morgan fingerprint density at radius 1 is 1.41 bits per heavy atom. The van der Waals surface area contributed by atoms with E-state index in [-0.39, 0.29) is 10.6 Å². The van der Waals surface area contributed by atoms with Gasteiger partial charge in [-0.05, 0) is 31.2 Å². The van der Waals surface area contributed by atoms with Crippen molar-refractivity contribution in [3.8, 4) is 0 Å². The molecule has 2 rings (SSSR count). The van der Waals surface area contributed by atoms with Gasteiger partial charge in [0.2, 0.25) is 0 Å². The molecule has 1 aromatic carbocycles. The van der Waals surface area contributed by atoms with E-state index in [1.165, 1.54) is 18.2 Å². The second-order valence-electron chi connectivity index (χ2n) is 4.06. The maximum absolute atomic E-state index is 13.2. The fourth-order valence-corrected chi connectivity index (χ4v) is 3.44. The highest BCUT2D eigenvalue weighted by molar-refractivity contribution is 7.91. The van der Waals surface area contributed by atoms with Gasteiger partial charge in [-0.1, -0.05) is 0 Å². The van der Waals surface area contributed by atoms with Crippen LogP contribution in [-0.4, -0.2) is 33.8 Å². The van der Waals surface area contributed by atoms with Gasteiger partial charge in [0.15, 0.2) is 9.84 Å². The largest absolute Gasteiger partial charge is 0.369 e. The normalized spacial score (nSPS) is 17.9. The second-order valence-corrected chi connectivity index (χ2v) is 6.14. The van der Waals surface area contributed by atoms with Crippen LogP contribution >= 0.6 is 0 Å². The predicted molar refractivity (Wildman–Crippen MR) is 64.3 cm³/mol. The monoisotopic (exact) mass is 258 g/mol. The van der Waals surface area contributed by atoms with Gasteiger partial charge in [0.05, 0.1) is 16.3 Å². The highest BCUT2D eigenvalue weighted by atomic mass is 32.2. The molecule has 0 saturated heterocycles. The van der Waals surface area contributed by atoms with Gasteiger partial charge in [0, 0.05) is 13.1 Å². The molecule has 1 aliphatic heterocycles. The van der Waals surface area contributed by atoms with Crippen molar-refractivity contribution in [3.05, 3.63) is 24.0 Å². The van der Waals surface area contributed by atoms with Crippen LogP contribution in [-0.2, 0) is 9.84 Å². The third-order valence-corrected chi connectivity index (χ3v) is 4.59. The van der Waals surface area contributed by atoms with Crippen LogP contribution in [0.2, 0.25) is 0 Å². The molecule has 0 spiro atoms. The molecule has 1 heterocycles. The van der Waals surface area contributed by atoms with Crippen molar-refractivity contribution in [2.24, 2.45) is 5.73 Å². The first-order valence-electron chi connectivity index (χ1n) is 5.52. The van der Waals surface area contributed by atoms with Crippen LogP contribution in [0.25, 0.3) is 0 Å². The molecule has 1 aliphatic rings. The smallest absolute Gasteiger partial charge is 0.182 e. The average Bonchev–Trinajstić information content (AvgIpc) is 2.28. The van der Waals surface area contributed by atoms with Crippen molar-refractivity contribution < 1.29 is 12.8 Å². The molecule has 94 valence electrons. The molecule has 0 amide bonds. The fourth-order valence-electron chi connectivity index (χ4n) is 1.98. The zero-order chi connectivity index (χ0) is 12.5. The lowest BCUT2D eigenvalue weighted by Crippen LogP contribution is -2.36. The molecular formula is C11H15FN2O2S. The highest BCUT2D eigenvalue weighted by Gasteiger charge is 2.28. The zero-order valence-electron chi connectivity index (χ0n) is 9.39. The van der Waals surface area contributed by atoms with Gasteiger partial charge in [0.25, 0.3) is 0 Å². The van der Waals surface area contributed by atoms with Crippen molar-refractivity contribution >= 4 is 15.5 Å². The molecule has 0 aromatic heterocycles. The van der Waals surface area contributed by atoms with Crippen molar-refractivity contribution in [2.45, 2.75) is 11.3 Å². The van der Waals surface area contributed by atoms with Gasteiger partial charge in [-0.25, -0.2) is 12.8 Å². The van der Waals surface area contributed by atoms with E-state index in [0.29, 0.717) is 25.3 Å². The number of benzene rings is 1. The zero-order valence-corrected chi connectivity index (χ0v) is 10.2. The quantitative estimate of drug-likeness (QED) is 0.813. The molecule has 0 saturated carbocycles. The van der Waals surface area contributed by atoms with Gasteiger partial charge in [-0.2, -0.15) is 0 Å². The van der Waals surface area contributed by atoms with E-state index in [1.54, 1.807) is 0 Å². The maximum Gasteiger partial charge on any atom is 0.182 e. The molecule has 1 aromatic rings. The predicted octanol–water partition coefficient (Wildman–Crippen LogP) is 0.768. The van der Waals surface area contributed by atoms with Crippen molar-refractivity contribution in [1.29, 1.82) is 0 Å². The SMILES string of the molecule is NCCCN1CCS(=O)(=O)c2ccc(F)cc21. The first kappa shape index (κ1) is 12.3. The van der Waals surface area contributed by atoms with Crippen LogP contribution in [0.15, 0.2) is 23.1 Å². The Bertz CT molecular complexity index is 516. The summed E-state index contributed by atoms with van der Waals surface area (Å²) in [6.07, 6.45) is 0.760. The second kappa shape index (κ2) is 4.62. The topological polar surface area (TPSA) is 63.4 Å². The summed E-state index contributed by atoms with van der Waals surface area (Å²) in [7, 11) is -3.26. The molecule has 0 unspecified atom stereocenters. The van der Waals surface area contributed by atoms with Gasteiger partial charge in [0.1, 0.15) is 5.82 Å². The summed E-state index contributed by atoms with van der Waals surface area (Å²) in [6, 6.07) is 3.81. The molecule has 0 aliphatic carbocycles. The number of sulfone groups is 1. The Morgan fingerprint density at radius 3 is 2.88 bits per heavy atom. The first-order chi connectivity index (χ1) is 8.04. The average molecular weight is 258 g/mol.